The summed E-state index contributed by atoms with van der Waals surface area (Å²) in [6.45, 7) is 4.46. The fourth-order valence-corrected chi connectivity index (χ4v) is 2.09. The normalized spacial score (nSPS) is 10.0. The second-order valence-electron chi connectivity index (χ2n) is 4.48. The Hall–Kier alpha value is -1.98. The maximum absolute atomic E-state index is 8.78. The summed E-state index contributed by atoms with van der Waals surface area (Å²) in [5.74, 6) is 0.853. The Morgan fingerprint density at radius 1 is 1.16 bits per heavy atom. The highest BCUT2D eigenvalue weighted by atomic mass is 35.5. The molecular weight excluding hydrogens is 258 g/mol. The van der Waals surface area contributed by atoms with Gasteiger partial charge in [0.05, 0.1) is 11.6 Å². The van der Waals surface area contributed by atoms with Crippen molar-refractivity contribution >= 4 is 11.6 Å². The summed E-state index contributed by atoms with van der Waals surface area (Å²) >= 11 is 6.11. The maximum atomic E-state index is 8.78. The molecule has 0 fully saturated rings. The molecule has 0 saturated carbocycles. The van der Waals surface area contributed by atoms with Crippen LogP contribution in [0.3, 0.4) is 0 Å². The molecular formula is C16H14ClNO. The minimum Gasteiger partial charge on any atom is -0.489 e. The molecule has 2 rings (SSSR count). The van der Waals surface area contributed by atoms with Crippen LogP contribution < -0.4 is 4.74 Å². The second kappa shape index (κ2) is 5.77. The van der Waals surface area contributed by atoms with Crippen LogP contribution in [0.5, 0.6) is 5.75 Å². The largest absolute Gasteiger partial charge is 0.489 e. The van der Waals surface area contributed by atoms with E-state index in [1.165, 1.54) is 5.56 Å². The van der Waals surface area contributed by atoms with Crippen molar-refractivity contribution in [3.05, 3.63) is 63.7 Å². The Morgan fingerprint density at radius 2 is 1.95 bits per heavy atom. The summed E-state index contributed by atoms with van der Waals surface area (Å²) in [7, 11) is 0. The Balaban J connectivity index is 2.13. The molecule has 2 aromatic rings. The molecule has 0 bridgehead atoms. The van der Waals surface area contributed by atoms with Crippen LogP contribution in [0.25, 0.3) is 0 Å². The Bertz CT molecular complexity index is 644. The Labute approximate surface area is 118 Å². The quantitative estimate of drug-likeness (QED) is 0.828. The van der Waals surface area contributed by atoms with Gasteiger partial charge in [-0.2, -0.15) is 5.26 Å². The summed E-state index contributed by atoms with van der Waals surface area (Å²) < 4.78 is 5.76. The first-order valence-corrected chi connectivity index (χ1v) is 6.36. The molecule has 0 aromatic heterocycles. The monoisotopic (exact) mass is 271 g/mol. The van der Waals surface area contributed by atoms with Gasteiger partial charge in [-0.05, 0) is 37.6 Å². The predicted octanol–water partition coefficient (Wildman–Crippen LogP) is 4.41. The fourth-order valence-electron chi connectivity index (χ4n) is 1.85. The zero-order chi connectivity index (χ0) is 13.8. The third-order valence-corrected chi connectivity index (χ3v) is 3.25. The molecule has 0 aliphatic rings. The average Bonchev–Trinajstić information content (AvgIpc) is 2.39. The number of hydrogen-bond donors (Lipinski definition) is 0. The van der Waals surface area contributed by atoms with E-state index in [9.17, 15) is 0 Å². The highest BCUT2D eigenvalue weighted by Crippen LogP contribution is 2.23. The van der Waals surface area contributed by atoms with Crippen molar-refractivity contribution in [2.24, 2.45) is 0 Å². The first kappa shape index (κ1) is 13.5. The van der Waals surface area contributed by atoms with Crippen molar-refractivity contribution in [3.8, 4) is 11.8 Å². The molecule has 0 atom stereocenters. The molecule has 0 saturated heterocycles. The maximum Gasteiger partial charge on any atom is 0.122 e. The van der Waals surface area contributed by atoms with Gasteiger partial charge in [0.1, 0.15) is 12.4 Å². The Kier molecular flexibility index (Phi) is 4.09. The van der Waals surface area contributed by atoms with Crippen molar-refractivity contribution in [2.75, 3.05) is 0 Å². The first-order valence-electron chi connectivity index (χ1n) is 5.99. The van der Waals surface area contributed by atoms with E-state index in [1.807, 2.05) is 32.0 Å². The summed E-state index contributed by atoms with van der Waals surface area (Å²) in [6, 6.07) is 13.3. The molecule has 0 heterocycles. The van der Waals surface area contributed by atoms with E-state index >= 15 is 0 Å². The third-order valence-electron chi connectivity index (χ3n) is 2.90. The van der Waals surface area contributed by atoms with Crippen LogP contribution in [0.4, 0.5) is 0 Å². The number of rotatable bonds is 3. The van der Waals surface area contributed by atoms with Gasteiger partial charge in [0.15, 0.2) is 0 Å². The average molecular weight is 272 g/mol. The lowest BCUT2D eigenvalue weighted by atomic mass is 10.1. The van der Waals surface area contributed by atoms with E-state index in [0.29, 0.717) is 17.2 Å². The van der Waals surface area contributed by atoms with Gasteiger partial charge < -0.3 is 4.74 Å². The number of halogens is 1. The lowest BCUT2D eigenvalue weighted by molar-refractivity contribution is 0.304. The van der Waals surface area contributed by atoms with Crippen molar-refractivity contribution in [1.82, 2.24) is 0 Å². The van der Waals surface area contributed by atoms with Gasteiger partial charge in [0.25, 0.3) is 0 Å². The van der Waals surface area contributed by atoms with Crippen molar-refractivity contribution in [3.63, 3.8) is 0 Å². The minimum atomic E-state index is 0.397. The number of benzene rings is 2. The number of aryl methyl sites for hydroxylation is 2. The molecule has 2 aromatic carbocycles. The number of nitriles is 1. The smallest absolute Gasteiger partial charge is 0.122 e. The molecule has 0 aliphatic heterocycles. The molecule has 19 heavy (non-hydrogen) atoms. The summed E-state index contributed by atoms with van der Waals surface area (Å²) in [6.07, 6.45) is 0. The van der Waals surface area contributed by atoms with Crippen LogP contribution in [0.15, 0.2) is 36.4 Å². The van der Waals surface area contributed by atoms with Crippen LogP contribution in [0.1, 0.15) is 22.3 Å². The van der Waals surface area contributed by atoms with Gasteiger partial charge in [-0.15, -0.1) is 0 Å². The molecule has 0 radical (unpaired) electrons. The highest BCUT2D eigenvalue weighted by molar-refractivity contribution is 6.31. The summed E-state index contributed by atoms with van der Waals surface area (Å²) in [5, 5.41) is 9.34. The summed E-state index contributed by atoms with van der Waals surface area (Å²) in [5.41, 5.74) is 3.74. The second-order valence-corrected chi connectivity index (χ2v) is 4.88. The topological polar surface area (TPSA) is 33.0 Å². The first-order chi connectivity index (χ1) is 9.10. The van der Waals surface area contributed by atoms with E-state index in [2.05, 4.69) is 12.1 Å². The Morgan fingerprint density at radius 3 is 2.58 bits per heavy atom. The lowest BCUT2D eigenvalue weighted by Crippen LogP contribution is -1.98. The van der Waals surface area contributed by atoms with Crippen LogP contribution in [0.2, 0.25) is 5.02 Å². The molecule has 3 heteroatoms. The van der Waals surface area contributed by atoms with Gasteiger partial charge in [0.2, 0.25) is 0 Å². The molecule has 0 spiro atoms. The van der Waals surface area contributed by atoms with Crippen molar-refractivity contribution < 1.29 is 4.74 Å². The molecule has 0 amide bonds. The van der Waals surface area contributed by atoms with E-state index in [-0.39, 0.29) is 0 Å². The highest BCUT2D eigenvalue weighted by Gasteiger charge is 2.04. The predicted molar refractivity (Wildman–Crippen MR) is 76.4 cm³/mol. The standard InChI is InChI=1S/C16H14ClNO/c1-11-3-6-16(12(2)7-11)19-10-14-5-4-13(9-18)8-15(14)17/h3-8H,10H2,1-2H3. The van der Waals surface area contributed by atoms with Crippen LogP contribution in [0, 0.1) is 25.2 Å². The van der Waals surface area contributed by atoms with Gasteiger partial charge in [-0.3, -0.25) is 0 Å². The van der Waals surface area contributed by atoms with Gasteiger partial charge in [0, 0.05) is 10.6 Å². The molecule has 0 unspecified atom stereocenters. The number of nitrogens with zero attached hydrogens (tertiary/aromatic N) is 1. The van der Waals surface area contributed by atoms with Crippen molar-refractivity contribution in [2.45, 2.75) is 20.5 Å². The van der Waals surface area contributed by atoms with Gasteiger partial charge in [-0.25, -0.2) is 0 Å². The SMILES string of the molecule is Cc1ccc(OCc2ccc(C#N)cc2Cl)c(C)c1. The number of ether oxygens (including phenoxy) is 1. The van der Waals surface area contributed by atoms with Crippen LogP contribution in [-0.4, -0.2) is 0 Å². The van der Waals surface area contributed by atoms with Crippen molar-refractivity contribution in [1.29, 1.82) is 5.26 Å². The van der Waals surface area contributed by atoms with E-state index in [1.54, 1.807) is 12.1 Å². The zero-order valence-electron chi connectivity index (χ0n) is 10.9. The zero-order valence-corrected chi connectivity index (χ0v) is 11.7. The number of hydrogen-bond acceptors (Lipinski definition) is 2. The van der Waals surface area contributed by atoms with E-state index in [4.69, 9.17) is 21.6 Å². The third kappa shape index (κ3) is 3.27. The van der Waals surface area contributed by atoms with E-state index < -0.39 is 0 Å². The van der Waals surface area contributed by atoms with Crippen LogP contribution in [-0.2, 0) is 6.61 Å². The van der Waals surface area contributed by atoms with Gasteiger partial charge >= 0.3 is 0 Å². The van der Waals surface area contributed by atoms with E-state index in [0.717, 1.165) is 16.9 Å². The molecule has 96 valence electrons. The lowest BCUT2D eigenvalue weighted by Gasteiger charge is -2.11. The van der Waals surface area contributed by atoms with Crippen LogP contribution >= 0.6 is 11.6 Å². The summed E-state index contributed by atoms with van der Waals surface area (Å²) in [4.78, 5) is 0. The van der Waals surface area contributed by atoms with Gasteiger partial charge in [-0.1, -0.05) is 35.4 Å². The molecule has 2 nitrogen and oxygen atoms in total. The molecule has 0 N–H and O–H groups in total. The minimum absolute atomic E-state index is 0.397. The molecule has 0 aliphatic carbocycles. The fraction of sp³-hybridized carbons (Fsp3) is 0.188.